The van der Waals surface area contributed by atoms with Crippen LogP contribution < -0.4 is 15.2 Å². The molecule has 0 spiro atoms. The fourth-order valence-corrected chi connectivity index (χ4v) is 1.51. The Balaban J connectivity index is 2.18. The first kappa shape index (κ1) is 10.2. The number of hydrogen-bond acceptors (Lipinski definition) is 2. The number of hydrogen-bond donors (Lipinski definition) is 0. The minimum absolute atomic E-state index is 0.316. The van der Waals surface area contributed by atoms with Gasteiger partial charge in [-0.2, -0.15) is 0 Å². The Labute approximate surface area is 89.8 Å². The number of benzene rings is 1. The molecule has 0 saturated carbocycles. The van der Waals surface area contributed by atoms with Crippen LogP contribution in [-0.4, -0.2) is 19.3 Å². The normalized spacial score (nSPS) is 21.9. The molecule has 1 atom stereocenters. The monoisotopic (exact) mass is 204 g/mol. The molecule has 1 saturated heterocycles. The summed E-state index contributed by atoms with van der Waals surface area (Å²) < 4.78 is 10.7. The van der Waals surface area contributed by atoms with Gasteiger partial charge in [0, 0.05) is 0 Å². The predicted octanol–water partition coefficient (Wildman–Crippen LogP) is 1.06. The van der Waals surface area contributed by atoms with Gasteiger partial charge in [0.1, 0.15) is 18.5 Å². The molecule has 2 rings (SSSR count). The highest BCUT2D eigenvalue weighted by molar-refractivity contribution is 5.34. The number of epoxide rings is 1. The van der Waals surface area contributed by atoms with Gasteiger partial charge < -0.3 is 9.47 Å². The Kier molecular flexibility index (Phi) is 3.07. The van der Waals surface area contributed by atoms with Crippen LogP contribution in [0.4, 0.5) is 0 Å². The second-order valence-electron chi connectivity index (χ2n) is 3.63. The highest BCUT2D eigenvalue weighted by Crippen LogP contribution is 2.12. The van der Waals surface area contributed by atoms with Crippen LogP contribution in [0, 0.1) is 0 Å². The topological polar surface area (TPSA) is 21.8 Å². The van der Waals surface area contributed by atoms with Crippen LogP contribution in [0.15, 0.2) is 18.2 Å². The van der Waals surface area contributed by atoms with Gasteiger partial charge in [-0.05, 0) is 36.4 Å². The van der Waals surface area contributed by atoms with E-state index in [4.69, 9.17) is 9.47 Å². The first-order valence-corrected chi connectivity index (χ1v) is 5.30. The summed E-state index contributed by atoms with van der Waals surface area (Å²) >= 11 is 0. The number of rotatable bonds is 3. The standard InChI is InChI=1S/C13H16O2/c1-3-10-5-6-12(7-11(10)4-2)14-8-13-9-15-13/h3-7,13H,8-9H2,1-2H3/b10-3-,11-4-. The van der Waals surface area contributed by atoms with Crippen molar-refractivity contribution in [3.8, 4) is 5.75 Å². The van der Waals surface area contributed by atoms with Crippen molar-refractivity contribution in [3.63, 3.8) is 0 Å². The van der Waals surface area contributed by atoms with Crippen molar-refractivity contribution in [2.75, 3.05) is 13.2 Å². The van der Waals surface area contributed by atoms with Crippen molar-refractivity contribution < 1.29 is 9.47 Å². The Morgan fingerprint density at radius 1 is 1.33 bits per heavy atom. The zero-order valence-electron chi connectivity index (χ0n) is 9.19. The van der Waals surface area contributed by atoms with Gasteiger partial charge in [0.2, 0.25) is 0 Å². The van der Waals surface area contributed by atoms with Gasteiger partial charge in [-0.15, -0.1) is 0 Å². The Morgan fingerprint density at radius 2 is 2.07 bits per heavy atom. The second-order valence-corrected chi connectivity index (χ2v) is 3.63. The average molecular weight is 204 g/mol. The zero-order valence-corrected chi connectivity index (χ0v) is 9.19. The summed E-state index contributed by atoms with van der Waals surface area (Å²) in [5, 5.41) is 2.46. The number of ether oxygens (including phenoxy) is 2. The largest absolute Gasteiger partial charge is 0.491 e. The lowest BCUT2D eigenvalue weighted by Crippen LogP contribution is -2.23. The Hall–Kier alpha value is -1.28. The van der Waals surface area contributed by atoms with Crippen molar-refractivity contribution in [1.29, 1.82) is 0 Å². The lowest BCUT2D eigenvalue weighted by atomic mass is 10.2. The lowest BCUT2D eigenvalue weighted by molar-refractivity contribution is 0.263. The molecule has 0 radical (unpaired) electrons. The molecule has 0 amide bonds. The quantitative estimate of drug-likeness (QED) is 0.687. The summed E-state index contributed by atoms with van der Waals surface area (Å²) in [6.07, 6.45) is 4.51. The van der Waals surface area contributed by atoms with E-state index in [-0.39, 0.29) is 0 Å². The molecule has 0 bridgehead atoms. The van der Waals surface area contributed by atoms with E-state index in [1.165, 1.54) is 10.4 Å². The summed E-state index contributed by atoms with van der Waals surface area (Å²) in [7, 11) is 0. The predicted molar refractivity (Wildman–Crippen MR) is 61.2 cm³/mol. The smallest absolute Gasteiger partial charge is 0.120 e. The van der Waals surface area contributed by atoms with Crippen LogP contribution >= 0.6 is 0 Å². The maximum absolute atomic E-state index is 5.61. The molecule has 1 aromatic rings. The molecule has 2 heteroatoms. The summed E-state index contributed by atoms with van der Waals surface area (Å²) in [4.78, 5) is 0. The molecular formula is C13H16O2. The summed E-state index contributed by atoms with van der Waals surface area (Å²) in [5.41, 5.74) is 0. The Morgan fingerprint density at radius 3 is 2.67 bits per heavy atom. The van der Waals surface area contributed by atoms with Gasteiger partial charge >= 0.3 is 0 Å². The molecule has 1 fully saturated rings. The van der Waals surface area contributed by atoms with E-state index in [1.54, 1.807) is 0 Å². The SMILES string of the molecule is C/C=c1/ccc(OCC2CO2)c/c1=C/C. The highest BCUT2D eigenvalue weighted by Gasteiger charge is 2.22. The second kappa shape index (κ2) is 4.49. The van der Waals surface area contributed by atoms with Crippen LogP contribution in [0.5, 0.6) is 5.75 Å². The first-order chi connectivity index (χ1) is 7.33. The summed E-state index contributed by atoms with van der Waals surface area (Å²) in [6, 6.07) is 6.15. The van der Waals surface area contributed by atoms with Crippen molar-refractivity contribution in [1.82, 2.24) is 0 Å². The van der Waals surface area contributed by atoms with E-state index in [9.17, 15) is 0 Å². The van der Waals surface area contributed by atoms with Crippen molar-refractivity contribution in [3.05, 3.63) is 28.6 Å². The highest BCUT2D eigenvalue weighted by atomic mass is 16.6. The third-order valence-electron chi connectivity index (χ3n) is 2.52. The Bertz CT molecular complexity index is 444. The molecule has 0 aromatic heterocycles. The van der Waals surface area contributed by atoms with Gasteiger partial charge in [-0.1, -0.05) is 18.2 Å². The van der Waals surface area contributed by atoms with Gasteiger partial charge in [0.25, 0.3) is 0 Å². The van der Waals surface area contributed by atoms with Gasteiger partial charge in [-0.3, -0.25) is 0 Å². The van der Waals surface area contributed by atoms with E-state index < -0.39 is 0 Å². The van der Waals surface area contributed by atoms with Crippen LogP contribution in [0.3, 0.4) is 0 Å². The maximum Gasteiger partial charge on any atom is 0.120 e. The van der Waals surface area contributed by atoms with E-state index in [2.05, 4.69) is 24.3 Å². The molecule has 1 aromatic carbocycles. The molecule has 15 heavy (non-hydrogen) atoms. The van der Waals surface area contributed by atoms with E-state index in [0.717, 1.165) is 12.4 Å². The average Bonchev–Trinajstić information content (AvgIpc) is 3.09. The van der Waals surface area contributed by atoms with Crippen molar-refractivity contribution in [2.24, 2.45) is 0 Å². The fraction of sp³-hybridized carbons (Fsp3) is 0.385. The lowest BCUT2D eigenvalue weighted by Gasteiger charge is -2.03. The molecule has 1 aliphatic rings. The molecule has 2 nitrogen and oxygen atoms in total. The minimum atomic E-state index is 0.316. The summed E-state index contributed by atoms with van der Waals surface area (Å²) in [6.45, 7) is 5.59. The van der Waals surface area contributed by atoms with E-state index in [0.29, 0.717) is 12.7 Å². The van der Waals surface area contributed by atoms with E-state index in [1.807, 2.05) is 19.9 Å². The van der Waals surface area contributed by atoms with Crippen LogP contribution in [0.25, 0.3) is 12.2 Å². The third kappa shape index (κ3) is 2.60. The maximum atomic E-state index is 5.61. The molecule has 1 unspecified atom stereocenters. The molecule has 1 heterocycles. The molecular weight excluding hydrogens is 188 g/mol. The third-order valence-corrected chi connectivity index (χ3v) is 2.52. The van der Waals surface area contributed by atoms with Crippen LogP contribution in [0.1, 0.15) is 13.8 Å². The minimum Gasteiger partial charge on any atom is -0.491 e. The fourth-order valence-electron chi connectivity index (χ4n) is 1.51. The van der Waals surface area contributed by atoms with Gasteiger partial charge in [-0.25, -0.2) is 0 Å². The molecule has 0 aliphatic carbocycles. The molecule has 1 aliphatic heterocycles. The van der Waals surface area contributed by atoms with E-state index >= 15 is 0 Å². The molecule has 80 valence electrons. The van der Waals surface area contributed by atoms with Crippen molar-refractivity contribution >= 4 is 12.2 Å². The first-order valence-electron chi connectivity index (χ1n) is 5.30. The van der Waals surface area contributed by atoms with Gasteiger partial charge in [0.15, 0.2) is 0 Å². The van der Waals surface area contributed by atoms with Crippen LogP contribution in [0.2, 0.25) is 0 Å². The summed E-state index contributed by atoms with van der Waals surface area (Å²) in [5.74, 6) is 0.921. The van der Waals surface area contributed by atoms with Crippen molar-refractivity contribution in [2.45, 2.75) is 20.0 Å². The zero-order chi connectivity index (χ0) is 10.7. The van der Waals surface area contributed by atoms with Crippen LogP contribution in [-0.2, 0) is 4.74 Å². The van der Waals surface area contributed by atoms with Gasteiger partial charge in [0.05, 0.1) is 6.61 Å². The molecule has 0 N–H and O–H groups in total.